The van der Waals surface area contributed by atoms with Crippen LogP contribution >= 0.6 is 0 Å². The Morgan fingerprint density at radius 1 is 1.36 bits per heavy atom. The zero-order valence-corrected chi connectivity index (χ0v) is 13.8. The van der Waals surface area contributed by atoms with Crippen molar-refractivity contribution in [2.45, 2.75) is 58.7 Å². The van der Waals surface area contributed by atoms with Crippen molar-refractivity contribution in [3.63, 3.8) is 0 Å². The van der Waals surface area contributed by atoms with E-state index in [9.17, 15) is 9.18 Å². The van der Waals surface area contributed by atoms with Crippen LogP contribution in [-0.4, -0.2) is 34.3 Å². The second kappa shape index (κ2) is 8.13. The number of hydrogen-bond acceptors (Lipinski definition) is 3. The molecule has 22 heavy (non-hydrogen) atoms. The second-order valence-corrected chi connectivity index (χ2v) is 6.41. The molecular weight excluding hydrogens is 285 g/mol. The molecule has 1 amide bonds. The minimum atomic E-state index is -0.610. The first kappa shape index (κ1) is 18.4. The molecule has 0 radical (unpaired) electrons. The van der Waals surface area contributed by atoms with Gasteiger partial charge in [0.2, 0.25) is 0 Å². The third-order valence-corrected chi connectivity index (χ3v) is 3.24. The summed E-state index contributed by atoms with van der Waals surface area (Å²) in [5, 5.41) is 8.96. The van der Waals surface area contributed by atoms with Gasteiger partial charge in [0.25, 0.3) is 0 Å². The van der Waals surface area contributed by atoms with Gasteiger partial charge in [0.15, 0.2) is 0 Å². The van der Waals surface area contributed by atoms with Crippen molar-refractivity contribution in [3.8, 4) is 0 Å². The lowest BCUT2D eigenvalue weighted by Gasteiger charge is -2.32. The Balaban J connectivity index is 2.90. The van der Waals surface area contributed by atoms with Crippen LogP contribution < -0.4 is 0 Å². The number of rotatable bonds is 6. The number of carbonyl (C=O) groups excluding carboxylic acids is 1. The van der Waals surface area contributed by atoms with Crippen molar-refractivity contribution in [3.05, 3.63) is 35.6 Å². The molecule has 0 aliphatic carbocycles. The van der Waals surface area contributed by atoms with Crippen LogP contribution in [0.25, 0.3) is 0 Å². The molecule has 0 spiro atoms. The van der Waals surface area contributed by atoms with Gasteiger partial charge in [-0.3, -0.25) is 0 Å². The Morgan fingerprint density at radius 3 is 2.55 bits per heavy atom. The van der Waals surface area contributed by atoms with Gasteiger partial charge >= 0.3 is 6.09 Å². The van der Waals surface area contributed by atoms with Gasteiger partial charge < -0.3 is 14.7 Å². The third kappa shape index (κ3) is 6.02. The second-order valence-electron chi connectivity index (χ2n) is 6.41. The molecule has 0 saturated heterocycles. The van der Waals surface area contributed by atoms with Crippen molar-refractivity contribution in [2.24, 2.45) is 0 Å². The Hall–Kier alpha value is -1.62. The number of benzene rings is 1. The summed E-state index contributed by atoms with van der Waals surface area (Å²) < 4.78 is 19.3. The molecule has 0 aliphatic heterocycles. The van der Waals surface area contributed by atoms with E-state index >= 15 is 0 Å². The average molecular weight is 311 g/mol. The Bertz CT molecular complexity index is 485. The Kier molecular flexibility index (Phi) is 6.81. The maximum Gasteiger partial charge on any atom is 0.410 e. The maximum atomic E-state index is 13.8. The lowest BCUT2D eigenvalue weighted by Crippen LogP contribution is -2.42. The summed E-state index contributed by atoms with van der Waals surface area (Å²) in [4.78, 5) is 13.9. The van der Waals surface area contributed by atoms with E-state index in [1.54, 1.807) is 39.0 Å². The van der Waals surface area contributed by atoms with E-state index in [1.165, 1.54) is 11.0 Å². The van der Waals surface area contributed by atoms with Crippen LogP contribution in [-0.2, 0) is 11.3 Å². The highest BCUT2D eigenvalue weighted by Gasteiger charge is 2.26. The van der Waals surface area contributed by atoms with Crippen molar-refractivity contribution in [1.82, 2.24) is 4.90 Å². The molecule has 5 heteroatoms. The van der Waals surface area contributed by atoms with Crippen molar-refractivity contribution in [2.75, 3.05) is 6.61 Å². The lowest BCUT2D eigenvalue weighted by molar-refractivity contribution is 0.0140. The summed E-state index contributed by atoms with van der Waals surface area (Å²) in [5.41, 5.74) is -0.162. The minimum absolute atomic E-state index is 0.0617. The molecule has 1 N–H and O–H groups in total. The Labute approximate surface area is 131 Å². The first-order valence-electron chi connectivity index (χ1n) is 7.58. The van der Waals surface area contributed by atoms with Crippen LogP contribution in [0.2, 0.25) is 0 Å². The smallest absolute Gasteiger partial charge is 0.410 e. The third-order valence-electron chi connectivity index (χ3n) is 3.24. The molecule has 1 aromatic carbocycles. The fourth-order valence-corrected chi connectivity index (χ4v) is 2.07. The number of carbonyl (C=O) groups is 1. The van der Waals surface area contributed by atoms with Crippen LogP contribution in [0.5, 0.6) is 0 Å². The van der Waals surface area contributed by atoms with Gasteiger partial charge in [-0.25, -0.2) is 9.18 Å². The number of halogens is 1. The number of amides is 1. The van der Waals surface area contributed by atoms with Crippen LogP contribution in [0.15, 0.2) is 24.3 Å². The standard InChI is InChI=1S/C17H26FNO3/c1-13(8-7-11-20)19(16(21)22-17(2,3)4)12-14-9-5-6-10-15(14)18/h5-6,9-10,13,20H,7-8,11-12H2,1-4H3. The van der Waals surface area contributed by atoms with E-state index in [-0.39, 0.29) is 25.0 Å². The van der Waals surface area contributed by atoms with Gasteiger partial charge in [0.05, 0.1) is 6.54 Å². The van der Waals surface area contributed by atoms with E-state index in [0.717, 1.165) is 0 Å². The molecule has 0 aromatic heterocycles. The Morgan fingerprint density at radius 2 is 2.00 bits per heavy atom. The predicted molar refractivity (Wildman–Crippen MR) is 84.0 cm³/mol. The molecule has 0 heterocycles. The van der Waals surface area contributed by atoms with Crippen LogP contribution in [0.3, 0.4) is 0 Å². The molecule has 0 fully saturated rings. The van der Waals surface area contributed by atoms with Gasteiger partial charge in [0, 0.05) is 18.2 Å². The average Bonchev–Trinajstić information content (AvgIpc) is 2.41. The molecule has 0 bridgehead atoms. The van der Waals surface area contributed by atoms with E-state index < -0.39 is 11.7 Å². The van der Waals surface area contributed by atoms with E-state index in [2.05, 4.69) is 0 Å². The monoisotopic (exact) mass is 311 g/mol. The zero-order chi connectivity index (χ0) is 16.8. The first-order valence-corrected chi connectivity index (χ1v) is 7.58. The summed E-state index contributed by atoms with van der Waals surface area (Å²) in [6.45, 7) is 7.47. The largest absolute Gasteiger partial charge is 0.444 e. The molecule has 4 nitrogen and oxygen atoms in total. The highest BCUT2D eigenvalue weighted by atomic mass is 19.1. The van der Waals surface area contributed by atoms with E-state index in [4.69, 9.17) is 9.84 Å². The van der Waals surface area contributed by atoms with Crippen LogP contribution in [0.4, 0.5) is 9.18 Å². The molecule has 0 saturated carbocycles. The number of nitrogens with zero attached hydrogens (tertiary/aromatic N) is 1. The summed E-state index contributed by atoms with van der Waals surface area (Å²) in [6.07, 6.45) is 0.739. The molecule has 1 unspecified atom stereocenters. The summed E-state index contributed by atoms with van der Waals surface area (Å²) in [6, 6.07) is 6.24. The lowest BCUT2D eigenvalue weighted by atomic mass is 10.1. The SMILES string of the molecule is CC(CCCO)N(Cc1ccccc1F)C(=O)OC(C)(C)C. The summed E-state index contributed by atoms with van der Waals surface area (Å²) in [7, 11) is 0. The highest BCUT2D eigenvalue weighted by molar-refractivity contribution is 5.68. The van der Waals surface area contributed by atoms with Crippen molar-refractivity contribution >= 4 is 6.09 Å². The van der Waals surface area contributed by atoms with Gasteiger partial charge in [-0.05, 0) is 46.6 Å². The van der Waals surface area contributed by atoms with E-state index in [1.807, 2.05) is 6.92 Å². The minimum Gasteiger partial charge on any atom is -0.444 e. The van der Waals surface area contributed by atoms with Crippen LogP contribution in [0.1, 0.15) is 46.1 Å². The summed E-state index contributed by atoms with van der Waals surface area (Å²) in [5.74, 6) is -0.342. The highest BCUT2D eigenvalue weighted by Crippen LogP contribution is 2.18. The summed E-state index contributed by atoms with van der Waals surface area (Å²) >= 11 is 0. The zero-order valence-electron chi connectivity index (χ0n) is 13.8. The maximum absolute atomic E-state index is 13.8. The van der Waals surface area contributed by atoms with Crippen molar-refractivity contribution < 1.29 is 19.0 Å². The normalized spacial score (nSPS) is 12.8. The fraction of sp³-hybridized carbons (Fsp3) is 0.588. The predicted octanol–water partition coefficient (Wildman–Crippen LogP) is 3.72. The number of aliphatic hydroxyl groups is 1. The molecule has 124 valence electrons. The van der Waals surface area contributed by atoms with Crippen LogP contribution in [0, 0.1) is 5.82 Å². The molecule has 1 aromatic rings. The number of ether oxygens (including phenoxy) is 1. The quantitative estimate of drug-likeness (QED) is 0.871. The first-order chi connectivity index (χ1) is 10.2. The van der Waals surface area contributed by atoms with Gasteiger partial charge in [-0.2, -0.15) is 0 Å². The topological polar surface area (TPSA) is 49.8 Å². The van der Waals surface area contributed by atoms with Gasteiger partial charge in [-0.15, -0.1) is 0 Å². The van der Waals surface area contributed by atoms with Crippen molar-refractivity contribution in [1.29, 1.82) is 0 Å². The van der Waals surface area contributed by atoms with Gasteiger partial charge in [-0.1, -0.05) is 18.2 Å². The molecule has 1 atom stereocenters. The molecular formula is C17H26FNO3. The number of hydrogen-bond donors (Lipinski definition) is 1. The van der Waals surface area contributed by atoms with E-state index in [0.29, 0.717) is 18.4 Å². The number of aliphatic hydroxyl groups excluding tert-OH is 1. The van der Waals surface area contributed by atoms with Gasteiger partial charge in [0.1, 0.15) is 11.4 Å². The molecule has 0 aliphatic rings. The molecule has 1 rings (SSSR count). The fourth-order valence-electron chi connectivity index (χ4n) is 2.07.